The molecule has 0 aliphatic carbocycles. The van der Waals surface area contributed by atoms with E-state index in [2.05, 4.69) is 10.5 Å². The van der Waals surface area contributed by atoms with Crippen LogP contribution in [-0.2, 0) is 0 Å². The molecule has 0 unspecified atom stereocenters. The summed E-state index contributed by atoms with van der Waals surface area (Å²) < 4.78 is 4.93. The van der Waals surface area contributed by atoms with Gasteiger partial charge in [0.2, 0.25) is 0 Å². The molecule has 0 radical (unpaired) electrons. The van der Waals surface area contributed by atoms with E-state index in [0.29, 0.717) is 26.9 Å². The van der Waals surface area contributed by atoms with Gasteiger partial charge in [0.25, 0.3) is 5.91 Å². The topological polar surface area (TPSA) is 70.9 Å². The first kappa shape index (κ1) is 16.1. The molecule has 0 heterocycles. The van der Waals surface area contributed by atoms with Crippen LogP contribution in [-0.4, -0.2) is 24.3 Å². The van der Waals surface area contributed by atoms with E-state index in [1.807, 2.05) is 0 Å². The third-order valence-corrected chi connectivity index (χ3v) is 3.50. The van der Waals surface area contributed by atoms with Crippen LogP contribution in [0.1, 0.15) is 15.9 Å². The van der Waals surface area contributed by atoms with Gasteiger partial charge < -0.3 is 9.84 Å². The highest BCUT2D eigenvalue weighted by Crippen LogP contribution is 2.25. The average molecular weight is 339 g/mol. The van der Waals surface area contributed by atoms with Crippen molar-refractivity contribution in [3.63, 3.8) is 0 Å². The zero-order valence-electron chi connectivity index (χ0n) is 11.5. The Morgan fingerprint density at radius 3 is 2.64 bits per heavy atom. The summed E-state index contributed by atoms with van der Waals surface area (Å²) in [5, 5.41) is 14.1. The zero-order chi connectivity index (χ0) is 16.1. The van der Waals surface area contributed by atoms with Gasteiger partial charge in [0.15, 0.2) is 11.5 Å². The van der Waals surface area contributed by atoms with Crippen molar-refractivity contribution >= 4 is 35.3 Å². The summed E-state index contributed by atoms with van der Waals surface area (Å²) in [4.78, 5) is 11.9. The summed E-state index contributed by atoms with van der Waals surface area (Å²) in [6.07, 6.45) is 1.40. The molecule has 0 bridgehead atoms. The highest BCUT2D eigenvalue weighted by molar-refractivity contribution is 6.42. The third kappa shape index (κ3) is 3.90. The number of ether oxygens (including phenoxy) is 1. The SMILES string of the molecule is COc1ccc(C=NNC(=O)c2ccc(Cl)c(Cl)c2)cc1O. The molecule has 22 heavy (non-hydrogen) atoms. The van der Waals surface area contributed by atoms with Gasteiger partial charge in [-0.3, -0.25) is 4.79 Å². The highest BCUT2D eigenvalue weighted by atomic mass is 35.5. The minimum Gasteiger partial charge on any atom is -0.504 e. The van der Waals surface area contributed by atoms with E-state index in [4.69, 9.17) is 27.9 Å². The third-order valence-electron chi connectivity index (χ3n) is 2.76. The Morgan fingerprint density at radius 2 is 2.00 bits per heavy atom. The fourth-order valence-electron chi connectivity index (χ4n) is 1.65. The minimum absolute atomic E-state index is 0.0118. The number of hydrazone groups is 1. The van der Waals surface area contributed by atoms with Gasteiger partial charge in [-0.05, 0) is 42.0 Å². The van der Waals surface area contributed by atoms with E-state index in [-0.39, 0.29) is 5.75 Å². The van der Waals surface area contributed by atoms with E-state index < -0.39 is 5.91 Å². The molecule has 5 nitrogen and oxygen atoms in total. The predicted molar refractivity (Wildman–Crippen MR) is 86.2 cm³/mol. The molecule has 0 saturated heterocycles. The van der Waals surface area contributed by atoms with Gasteiger partial charge in [0, 0.05) is 5.56 Å². The number of phenolic OH excluding ortho intramolecular Hbond substituents is 1. The van der Waals surface area contributed by atoms with Gasteiger partial charge in [0.05, 0.1) is 23.4 Å². The Labute approximate surface area is 137 Å². The molecule has 114 valence electrons. The highest BCUT2D eigenvalue weighted by Gasteiger charge is 2.07. The van der Waals surface area contributed by atoms with Gasteiger partial charge in [-0.25, -0.2) is 5.43 Å². The van der Waals surface area contributed by atoms with Crippen LogP contribution in [0.3, 0.4) is 0 Å². The Balaban J connectivity index is 2.04. The molecular formula is C15H12Cl2N2O3. The number of hydrogen-bond donors (Lipinski definition) is 2. The molecule has 0 aliphatic rings. The number of amides is 1. The van der Waals surface area contributed by atoms with E-state index in [1.54, 1.807) is 12.1 Å². The predicted octanol–water partition coefficient (Wildman–Crippen LogP) is 3.47. The Morgan fingerprint density at radius 1 is 1.23 bits per heavy atom. The number of nitrogens with zero attached hydrogens (tertiary/aromatic N) is 1. The summed E-state index contributed by atoms with van der Waals surface area (Å²) >= 11 is 11.6. The number of hydrogen-bond acceptors (Lipinski definition) is 4. The van der Waals surface area contributed by atoms with Gasteiger partial charge in [0.1, 0.15) is 0 Å². The first-order valence-electron chi connectivity index (χ1n) is 6.16. The molecule has 0 aromatic heterocycles. The van der Waals surface area contributed by atoms with Crippen molar-refractivity contribution in [3.05, 3.63) is 57.6 Å². The zero-order valence-corrected chi connectivity index (χ0v) is 13.0. The molecule has 0 spiro atoms. The van der Waals surface area contributed by atoms with Crippen LogP contribution in [0.25, 0.3) is 0 Å². The van der Waals surface area contributed by atoms with Crippen molar-refractivity contribution in [2.24, 2.45) is 5.10 Å². The first-order chi connectivity index (χ1) is 10.5. The number of carbonyl (C=O) groups excluding carboxylic acids is 1. The van der Waals surface area contributed by atoms with E-state index >= 15 is 0 Å². The maximum Gasteiger partial charge on any atom is 0.271 e. The van der Waals surface area contributed by atoms with Crippen LogP contribution < -0.4 is 10.2 Å². The second-order valence-electron chi connectivity index (χ2n) is 4.26. The molecule has 0 saturated carbocycles. The standard InChI is InChI=1S/C15H12Cl2N2O3/c1-22-14-5-2-9(6-13(14)20)8-18-19-15(21)10-3-4-11(16)12(17)7-10/h2-8,20H,1H3,(H,19,21). The van der Waals surface area contributed by atoms with Crippen LogP contribution in [0, 0.1) is 0 Å². The van der Waals surface area contributed by atoms with Crippen LogP contribution in [0.15, 0.2) is 41.5 Å². The molecule has 0 fully saturated rings. The molecule has 1 amide bonds. The molecule has 0 atom stereocenters. The van der Waals surface area contributed by atoms with Crippen molar-refractivity contribution in [1.82, 2.24) is 5.43 Å². The maximum atomic E-state index is 11.9. The Kier molecular flexibility index (Phi) is 5.25. The van der Waals surface area contributed by atoms with Gasteiger partial charge in [-0.1, -0.05) is 23.2 Å². The lowest BCUT2D eigenvalue weighted by Gasteiger charge is -2.03. The normalized spacial score (nSPS) is 10.7. The lowest BCUT2D eigenvalue weighted by atomic mass is 10.2. The number of aromatic hydroxyl groups is 1. The summed E-state index contributed by atoms with van der Waals surface area (Å²) in [6, 6.07) is 9.27. The second-order valence-corrected chi connectivity index (χ2v) is 5.07. The molecule has 2 N–H and O–H groups in total. The maximum absolute atomic E-state index is 11.9. The first-order valence-corrected chi connectivity index (χ1v) is 6.92. The Bertz CT molecular complexity index is 733. The molecule has 2 aromatic carbocycles. The second kappa shape index (κ2) is 7.15. The van der Waals surface area contributed by atoms with Crippen molar-refractivity contribution < 1.29 is 14.6 Å². The summed E-state index contributed by atoms with van der Waals surface area (Å²) in [6.45, 7) is 0. The number of halogens is 2. The van der Waals surface area contributed by atoms with Gasteiger partial charge in [-0.15, -0.1) is 0 Å². The average Bonchev–Trinajstić information content (AvgIpc) is 2.50. The molecule has 7 heteroatoms. The van der Waals surface area contributed by atoms with Crippen LogP contribution in [0.2, 0.25) is 10.0 Å². The molecule has 2 rings (SSSR count). The lowest BCUT2D eigenvalue weighted by molar-refractivity contribution is 0.0955. The molecule has 2 aromatic rings. The summed E-state index contributed by atoms with van der Waals surface area (Å²) in [5.74, 6) is -0.0770. The van der Waals surface area contributed by atoms with Gasteiger partial charge >= 0.3 is 0 Å². The van der Waals surface area contributed by atoms with Crippen molar-refractivity contribution in [2.75, 3.05) is 7.11 Å². The number of carbonyl (C=O) groups is 1. The van der Waals surface area contributed by atoms with Crippen LogP contribution in [0.4, 0.5) is 0 Å². The largest absolute Gasteiger partial charge is 0.504 e. The monoisotopic (exact) mass is 338 g/mol. The lowest BCUT2D eigenvalue weighted by Crippen LogP contribution is -2.17. The number of nitrogens with one attached hydrogen (secondary N) is 1. The van der Waals surface area contributed by atoms with E-state index in [0.717, 1.165) is 0 Å². The number of phenols is 1. The minimum atomic E-state index is -0.424. The van der Waals surface area contributed by atoms with E-state index in [1.165, 1.54) is 37.6 Å². The quantitative estimate of drug-likeness (QED) is 0.662. The number of benzene rings is 2. The van der Waals surface area contributed by atoms with Gasteiger partial charge in [-0.2, -0.15) is 5.10 Å². The number of rotatable bonds is 4. The fraction of sp³-hybridized carbons (Fsp3) is 0.0667. The van der Waals surface area contributed by atoms with Crippen molar-refractivity contribution in [1.29, 1.82) is 0 Å². The smallest absolute Gasteiger partial charge is 0.271 e. The molecular weight excluding hydrogens is 327 g/mol. The number of methoxy groups -OCH3 is 1. The van der Waals surface area contributed by atoms with E-state index in [9.17, 15) is 9.90 Å². The summed E-state index contributed by atoms with van der Waals surface area (Å²) in [5.41, 5.74) is 3.30. The summed E-state index contributed by atoms with van der Waals surface area (Å²) in [7, 11) is 1.46. The van der Waals surface area contributed by atoms with Crippen LogP contribution in [0.5, 0.6) is 11.5 Å². The van der Waals surface area contributed by atoms with Crippen molar-refractivity contribution in [3.8, 4) is 11.5 Å². The van der Waals surface area contributed by atoms with Crippen LogP contribution >= 0.6 is 23.2 Å². The van der Waals surface area contributed by atoms with Crippen molar-refractivity contribution in [2.45, 2.75) is 0 Å². The molecule has 0 aliphatic heterocycles. The Hall–Kier alpha value is -2.24. The fourth-order valence-corrected chi connectivity index (χ4v) is 1.95.